The third-order valence-electron chi connectivity index (χ3n) is 13.4. The molecule has 2 heterocycles. The van der Waals surface area contributed by atoms with Crippen LogP contribution in [0, 0.1) is 5.92 Å². The van der Waals surface area contributed by atoms with Crippen LogP contribution < -0.4 is 42.5 Å². The second-order valence-electron chi connectivity index (χ2n) is 18.6. The van der Waals surface area contributed by atoms with Gasteiger partial charge in [0.2, 0.25) is 53.5 Å². The molecule has 1 fully saturated rings. The number of carboxylic acid groups (broad SMARTS) is 1. The number of carbonyl (C=O) groups excluding carboxylic acids is 10. The number of aliphatic carboxylic acids is 1. The molecule has 4 aromatic rings. The van der Waals surface area contributed by atoms with E-state index in [4.69, 9.17) is 4.74 Å². The van der Waals surface area contributed by atoms with E-state index in [1.807, 2.05) is 72.8 Å². The molecular weight excluding hydrogens is 985 g/mol. The molecule has 2 aliphatic rings. The number of nitrogens with one attached hydrogen (secondary N) is 9. The van der Waals surface area contributed by atoms with Crippen LogP contribution in [-0.4, -0.2) is 150 Å². The van der Waals surface area contributed by atoms with Crippen molar-refractivity contribution in [2.24, 2.45) is 5.92 Å². The van der Waals surface area contributed by atoms with Gasteiger partial charge in [-0.3, -0.25) is 47.9 Å². The zero-order chi connectivity index (χ0) is 54.9. The van der Waals surface area contributed by atoms with E-state index < -0.39 is 128 Å². The lowest BCUT2D eigenvalue weighted by Gasteiger charge is -2.27. The van der Waals surface area contributed by atoms with Crippen molar-refractivity contribution in [3.8, 4) is 11.1 Å². The lowest BCUT2D eigenvalue weighted by atomic mass is 9.98. The lowest BCUT2D eigenvalue weighted by Crippen LogP contribution is -2.57. The van der Waals surface area contributed by atoms with E-state index in [0.717, 1.165) is 33.2 Å². The van der Waals surface area contributed by atoms with Crippen LogP contribution >= 0.6 is 0 Å². The van der Waals surface area contributed by atoms with Crippen LogP contribution in [0.2, 0.25) is 0 Å². The molecule has 1 aliphatic carbocycles. The average Bonchev–Trinajstić information content (AvgIpc) is 4.16. The van der Waals surface area contributed by atoms with Gasteiger partial charge in [-0.25, -0.2) is 4.79 Å². The number of hydrogen-bond acceptors (Lipinski definition) is 12. The van der Waals surface area contributed by atoms with Crippen LogP contribution in [0.25, 0.3) is 22.0 Å². The lowest BCUT2D eigenvalue weighted by molar-refractivity contribution is -0.140. The van der Waals surface area contributed by atoms with Crippen LogP contribution in [-0.2, 0) is 59.1 Å². The zero-order valence-electron chi connectivity index (χ0n) is 42.3. The molecule has 3 aromatic carbocycles. The molecule has 0 spiro atoms. The van der Waals surface area contributed by atoms with Gasteiger partial charge in [0, 0.05) is 42.4 Å². The van der Waals surface area contributed by atoms with E-state index in [1.54, 1.807) is 26.3 Å². The number of benzene rings is 3. The van der Waals surface area contributed by atoms with E-state index >= 15 is 0 Å². The monoisotopic (exact) mass is 1050 g/mol. The van der Waals surface area contributed by atoms with Gasteiger partial charge in [0.25, 0.3) is 0 Å². The Balaban J connectivity index is 0.958. The summed E-state index contributed by atoms with van der Waals surface area (Å²) in [5.74, 6) is -7.99. The minimum Gasteiger partial charge on any atom is -0.481 e. The predicted octanol–water partition coefficient (Wildman–Crippen LogP) is 0.568. The summed E-state index contributed by atoms with van der Waals surface area (Å²) in [6.45, 7) is 2.78. The van der Waals surface area contributed by atoms with Crippen molar-refractivity contribution in [3.63, 3.8) is 0 Å². The molecule has 1 aromatic heterocycles. The Labute approximate surface area is 437 Å². The maximum absolute atomic E-state index is 13.6. The molecule has 23 nitrogen and oxygen atoms in total. The molecule has 6 rings (SSSR count). The maximum atomic E-state index is 13.6. The number of carbonyl (C=O) groups is 10. The Morgan fingerprint density at radius 3 is 2.04 bits per heavy atom. The van der Waals surface area contributed by atoms with Gasteiger partial charge in [0.15, 0.2) is 0 Å². The van der Waals surface area contributed by atoms with Gasteiger partial charge >= 0.3 is 12.1 Å². The first-order chi connectivity index (χ1) is 36.5. The van der Waals surface area contributed by atoms with Gasteiger partial charge in [-0.2, -0.15) is 0 Å². The summed E-state index contributed by atoms with van der Waals surface area (Å²) in [6.07, 6.45) is 2.58. The minimum absolute atomic E-state index is 0.0228. The second kappa shape index (κ2) is 27.1. The standard InChI is InChI=1S/C53H63N10O13/c1-4-30(2)47(52(74)59-31(3)48(70)56-26-43(65)60-41(50(72)54-21-23-64)24-32-25-55-39-17-10-9-12-33(32)39)62-44(66)27-57-49(71)40(19-20-46(68)69)61-51(73)42-18-11-22-63(42)45(67)28-58-53(75)76-29-38-36-15-7-5-13-34(36)35-14-6-8-16-37(35)38/h5-10,12-17,25,30-31,38,40-42,47,55H,4,11,18-22,24,26-29H2,1-3H3,(H,54,72)(H,56,70)(H,57,71)(H,58,75)(H,59,74)(H,60,65)(H,61,73)(H,62,66)(H,68,69)/t30-,31-,40-,41-,42-,47-/m0/s1. The van der Waals surface area contributed by atoms with E-state index in [9.17, 15) is 57.8 Å². The fraction of sp³-hybridized carbons (Fsp3) is 0.415. The number of nitrogens with zero attached hydrogens (tertiary/aromatic N) is 1. The van der Waals surface area contributed by atoms with Gasteiger partial charge in [0.05, 0.1) is 19.6 Å². The highest BCUT2D eigenvalue weighted by molar-refractivity contribution is 5.97. The third kappa shape index (κ3) is 15.0. The van der Waals surface area contributed by atoms with E-state index in [1.165, 1.54) is 11.8 Å². The van der Waals surface area contributed by atoms with Gasteiger partial charge in [-0.05, 0) is 66.0 Å². The average molecular weight is 1050 g/mol. The smallest absolute Gasteiger partial charge is 0.407 e. The molecule has 403 valence electrons. The number of fused-ring (bicyclic) bond motifs is 4. The normalized spacial score (nSPS) is 15.5. The summed E-state index contributed by atoms with van der Waals surface area (Å²) in [5, 5.41) is 30.0. The number of aromatic nitrogens is 1. The Morgan fingerprint density at radius 1 is 0.737 bits per heavy atom. The number of carboxylic acids is 1. The second-order valence-corrected chi connectivity index (χ2v) is 18.6. The van der Waals surface area contributed by atoms with Crippen LogP contribution in [0.4, 0.5) is 4.79 Å². The number of aromatic amines is 1. The van der Waals surface area contributed by atoms with Crippen LogP contribution in [0.1, 0.15) is 75.5 Å². The molecule has 1 aliphatic heterocycles. The Morgan fingerprint density at radius 2 is 1.37 bits per heavy atom. The van der Waals surface area contributed by atoms with Crippen molar-refractivity contribution in [2.75, 3.05) is 39.3 Å². The Kier molecular flexibility index (Phi) is 20.2. The molecule has 9 amide bonds. The minimum atomic E-state index is -1.45. The summed E-state index contributed by atoms with van der Waals surface area (Å²) in [4.78, 5) is 146. The van der Waals surface area contributed by atoms with Gasteiger partial charge in [0.1, 0.15) is 43.4 Å². The summed E-state index contributed by atoms with van der Waals surface area (Å²) in [5.41, 5.74) is 5.65. The molecule has 1 saturated heterocycles. The molecule has 6 atom stereocenters. The summed E-state index contributed by atoms with van der Waals surface area (Å²) in [6, 6.07) is 16.9. The number of H-pyrrole nitrogens is 1. The van der Waals surface area contributed by atoms with Gasteiger partial charge in [-0.1, -0.05) is 87.0 Å². The van der Waals surface area contributed by atoms with E-state index in [2.05, 4.69) is 47.5 Å². The quantitative estimate of drug-likeness (QED) is 0.0412. The molecule has 1 radical (unpaired) electrons. The van der Waals surface area contributed by atoms with Crippen molar-refractivity contribution in [2.45, 2.75) is 95.4 Å². The molecular formula is C53H63N10O13. The largest absolute Gasteiger partial charge is 0.481 e. The third-order valence-corrected chi connectivity index (χ3v) is 13.4. The number of hydrogen-bond donors (Lipinski definition) is 10. The van der Waals surface area contributed by atoms with Crippen molar-refractivity contribution in [1.29, 1.82) is 0 Å². The summed E-state index contributed by atoms with van der Waals surface area (Å²) < 4.78 is 5.54. The van der Waals surface area contributed by atoms with Crippen LogP contribution in [0.15, 0.2) is 79.0 Å². The van der Waals surface area contributed by atoms with E-state index in [0.29, 0.717) is 18.4 Å². The number of amides is 9. The fourth-order valence-corrected chi connectivity index (χ4v) is 9.17. The fourth-order valence-electron chi connectivity index (χ4n) is 9.17. The topological polar surface area (TPSA) is 332 Å². The molecule has 0 saturated carbocycles. The van der Waals surface area contributed by atoms with Crippen molar-refractivity contribution >= 4 is 76.5 Å². The number of para-hydroxylation sites is 1. The number of likely N-dealkylation sites (tertiary alicyclic amines) is 1. The molecule has 10 N–H and O–H groups in total. The zero-order valence-corrected chi connectivity index (χ0v) is 42.3. The number of rotatable bonds is 26. The van der Waals surface area contributed by atoms with Crippen molar-refractivity contribution in [3.05, 3.63) is 95.7 Å². The summed E-state index contributed by atoms with van der Waals surface area (Å²) in [7, 11) is 0. The molecule has 23 heteroatoms. The number of alkyl carbamates (subject to hydrolysis) is 1. The first kappa shape index (κ1) is 56.7. The molecule has 0 unspecified atom stereocenters. The summed E-state index contributed by atoms with van der Waals surface area (Å²) >= 11 is 0. The highest BCUT2D eigenvalue weighted by Gasteiger charge is 2.37. The Hall–Kier alpha value is -8.63. The van der Waals surface area contributed by atoms with Gasteiger partial charge < -0.3 is 62.3 Å². The SMILES string of the molecule is CC[C@H](C)[C@H](NC(=O)CNC(=O)[C@H](CCC(=O)O)NC(=O)[C@@H]1CCCN1C(=O)CNC(=O)OCC1c2ccccc2-c2ccccc21)C(=O)N[C@@H](C)C(=O)NCC(=O)N[C@@H](Cc1c[nH]c2ccccc12)C(=O)NC[C]=O. The van der Waals surface area contributed by atoms with E-state index in [-0.39, 0.29) is 38.3 Å². The van der Waals surface area contributed by atoms with Crippen LogP contribution in [0.5, 0.6) is 0 Å². The first-order valence-corrected chi connectivity index (χ1v) is 25.0. The highest BCUT2D eigenvalue weighted by atomic mass is 16.5. The number of ether oxygens (including phenoxy) is 1. The predicted molar refractivity (Wildman–Crippen MR) is 274 cm³/mol. The highest BCUT2D eigenvalue weighted by Crippen LogP contribution is 2.44. The molecule has 0 bridgehead atoms. The van der Waals surface area contributed by atoms with Crippen molar-refractivity contribution in [1.82, 2.24) is 52.4 Å². The first-order valence-electron chi connectivity index (χ1n) is 25.0. The Bertz CT molecular complexity index is 2770. The molecule has 76 heavy (non-hydrogen) atoms. The maximum Gasteiger partial charge on any atom is 0.407 e. The van der Waals surface area contributed by atoms with Crippen LogP contribution in [0.3, 0.4) is 0 Å². The van der Waals surface area contributed by atoms with Crippen molar-refractivity contribution < 1.29 is 62.6 Å². The van der Waals surface area contributed by atoms with Gasteiger partial charge in [-0.15, -0.1) is 0 Å².